The van der Waals surface area contributed by atoms with Crippen LogP contribution in [0, 0.1) is 10.7 Å². The Morgan fingerprint density at radius 1 is 0.978 bits per heavy atom. The van der Waals surface area contributed by atoms with Crippen molar-refractivity contribution in [3.63, 3.8) is 0 Å². The van der Waals surface area contributed by atoms with Crippen LogP contribution in [0.4, 0.5) is 13.2 Å². The summed E-state index contributed by atoms with van der Waals surface area (Å²) in [5.41, 5.74) is 3.01. The summed E-state index contributed by atoms with van der Waals surface area (Å²) >= 11 is 4.53. The number of pyridine rings is 1. The highest BCUT2D eigenvalue weighted by atomic mass is 35.5. The number of halogens is 4. The Kier molecular flexibility index (Phi) is 8.63. The summed E-state index contributed by atoms with van der Waals surface area (Å²) < 4.78 is 63.1. The SMILES string of the molecule is COc1cccnc1-c1c(-c2cccc(-c3ccc(C(=O)N=O)cc3Cl)c2)n([S+]([O-])c2ccc(C(F)F)cc2)c2ccc(F)cc12. The fourth-order valence-electron chi connectivity index (χ4n) is 5.26. The van der Waals surface area contributed by atoms with Gasteiger partial charge in [-0.3, -0.25) is 9.78 Å². The van der Waals surface area contributed by atoms with Gasteiger partial charge in [0, 0.05) is 49.6 Å². The second-order valence-corrected chi connectivity index (χ2v) is 11.8. The average Bonchev–Trinajstić information content (AvgIpc) is 3.41. The Morgan fingerprint density at radius 3 is 2.43 bits per heavy atom. The van der Waals surface area contributed by atoms with Crippen molar-refractivity contribution in [2.75, 3.05) is 7.11 Å². The lowest BCUT2D eigenvalue weighted by Crippen LogP contribution is -2.14. The molecule has 0 spiro atoms. The number of nitrogens with zero attached hydrogens (tertiary/aromatic N) is 3. The predicted octanol–water partition coefficient (Wildman–Crippen LogP) is 9.25. The van der Waals surface area contributed by atoms with Crippen molar-refractivity contribution in [2.45, 2.75) is 11.3 Å². The van der Waals surface area contributed by atoms with Crippen molar-refractivity contribution >= 4 is 39.8 Å². The number of carbonyl (C=O) groups is 1. The van der Waals surface area contributed by atoms with Gasteiger partial charge in [0.05, 0.1) is 12.6 Å². The molecule has 46 heavy (non-hydrogen) atoms. The average molecular weight is 660 g/mol. The zero-order valence-electron chi connectivity index (χ0n) is 23.8. The lowest BCUT2D eigenvalue weighted by molar-refractivity contribution is 0.100. The van der Waals surface area contributed by atoms with Crippen LogP contribution in [0.2, 0.25) is 5.02 Å². The first kappa shape index (κ1) is 31.0. The molecule has 0 aliphatic rings. The van der Waals surface area contributed by atoms with Crippen molar-refractivity contribution in [2.24, 2.45) is 5.18 Å². The largest absolute Gasteiger partial charge is 0.587 e. The molecule has 2 aromatic heterocycles. The van der Waals surface area contributed by atoms with Gasteiger partial charge in [-0.25, -0.2) is 13.2 Å². The number of carbonyl (C=O) groups excluding carboxylic acids is 1. The molecule has 6 rings (SSSR count). The van der Waals surface area contributed by atoms with Gasteiger partial charge in [0.2, 0.25) is 0 Å². The van der Waals surface area contributed by atoms with Crippen LogP contribution in [0.1, 0.15) is 22.3 Å². The molecule has 1 atom stereocenters. The van der Waals surface area contributed by atoms with Gasteiger partial charge in [-0.1, -0.05) is 35.9 Å². The first-order valence-electron chi connectivity index (χ1n) is 13.6. The van der Waals surface area contributed by atoms with Crippen molar-refractivity contribution in [1.82, 2.24) is 8.96 Å². The highest BCUT2D eigenvalue weighted by Gasteiger charge is 2.31. The third kappa shape index (κ3) is 5.64. The minimum Gasteiger partial charge on any atom is -0.587 e. The fraction of sp³-hybridized carbons (Fsp3) is 0.0588. The summed E-state index contributed by atoms with van der Waals surface area (Å²) in [6.07, 6.45) is -1.15. The summed E-state index contributed by atoms with van der Waals surface area (Å²) in [5.74, 6) is -1.13. The fourth-order valence-corrected chi connectivity index (χ4v) is 6.83. The molecule has 4 aromatic carbocycles. The van der Waals surface area contributed by atoms with E-state index in [2.05, 4.69) is 10.2 Å². The third-order valence-electron chi connectivity index (χ3n) is 7.36. The van der Waals surface area contributed by atoms with E-state index in [0.717, 1.165) is 0 Å². The highest BCUT2D eigenvalue weighted by molar-refractivity contribution is 7.90. The molecule has 0 aliphatic heterocycles. The minimum atomic E-state index is -2.70. The van der Waals surface area contributed by atoms with Crippen LogP contribution in [0.3, 0.4) is 0 Å². The van der Waals surface area contributed by atoms with Crippen LogP contribution in [-0.2, 0) is 11.4 Å². The van der Waals surface area contributed by atoms with Crippen LogP contribution in [0.25, 0.3) is 44.5 Å². The van der Waals surface area contributed by atoms with E-state index in [4.69, 9.17) is 16.3 Å². The molecule has 7 nitrogen and oxygen atoms in total. The van der Waals surface area contributed by atoms with Crippen LogP contribution in [0.15, 0.2) is 113 Å². The summed E-state index contributed by atoms with van der Waals surface area (Å²) in [4.78, 5) is 27.4. The smallest absolute Gasteiger partial charge is 0.316 e. The summed E-state index contributed by atoms with van der Waals surface area (Å²) in [7, 11) is 1.47. The van der Waals surface area contributed by atoms with Crippen molar-refractivity contribution in [1.29, 1.82) is 0 Å². The van der Waals surface area contributed by atoms with E-state index >= 15 is 0 Å². The minimum absolute atomic E-state index is 0.0276. The van der Waals surface area contributed by atoms with Gasteiger partial charge in [-0.05, 0) is 78.4 Å². The lowest BCUT2D eigenvalue weighted by Gasteiger charge is -2.17. The molecule has 0 bridgehead atoms. The Labute approximate surface area is 268 Å². The van der Waals surface area contributed by atoms with Gasteiger partial charge >= 0.3 is 5.91 Å². The summed E-state index contributed by atoms with van der Waals surface area (Å²) in [5, 5.41) is 3.01. The second kappa shape index (κ2) is 12.8. The predicted molar refractivity (Wildman–Crippen MR) is 171 cm³/mol. The normalized spacial score (nSPS) is 12.0. The maximum atomic E-state index is 14.9. The number of hydrogen-bond donors (Lipinski definition) is 0. The molecule has 0 aliphatic carbocycles. The molecule has 6 aromatic rings. The molecule has 0 radical (unpaired) electrons. The molecule has 0 saturated heterocycles. The van der Waals surface area contributed by atoms with E-state index in [1.165, 1.54) is 65.7 Å². The van der Waals surface area contributed by atoms with Gasteiger partial charge < -0.3 is 9.29 Å². The third-order valence-corrected chi connectivity index (χ3v) is 9.06. The van der Waals surface area contributed by atoms with E-state index in [9.17, 15) is 27.4 Å². The number of rotatable bonds is 8. The van der Waals surface area contributed by atoms with Gasteiger partial charge in [0.25, 0.3) is 6.43 Å². The number of benzene rings is 4. The van der Waals surface area contributed by atoms with Crippen molar-refractivity contribution in [3.05, 3.63) is 130 Å². The second-order valence-electron chi connectivity index (χ2n) is 10.0. The van der Waals surface area contributed by atoms with Gasteiger partial charge in [0.1, 0.15) is 34.3 Å². The number of fused-ring (bicyclic) bond motifs is 1. The molecule has 0 N–H and O–H groups in total. The molecule has 1 unspecified atom stereocenters. The number of alkyl halides is 2. The maximum Gasteiger partial charge on any atom is 0.316 e. The number of nitroso groups, excluding NO2 is 1. The monoisotopic (exact) mass is 659 g/mol. The first-order valence-corrected chi connectivity index (χ1v) is 15.1. The molecule has 2 heterocycles. The van der Waals surface area contributed by atoms with Crippen LogP contribution >= 0.6 is 11.6 Å². The van der Waals surface area contributed by atoms with Crippen LogP contribution in [-0.4, -0.2) is 26.5 Å². The molecular formula is C34H21ClF3N3O4S. The molecule has 230 valence electrons. The Balaban J connectivity index is 1.65. The molecular weight excluding hydrogens is 639 g/mol. The number of amides is 1. The summed E-state index contributed by atoms with van der Waals surface area (Å²) in [6, 6.07) is 24.0. The first-order chi connectivity index (χ1) is 22.2. The molecule has 12 heteroatoms. The maximum absolute atomic E-state index is 14.9. The lowest BCUT2D eigenvalue weighted by atomic mass is 9.97. The summed E-state index contributed by atoms with van der Waals surface area (Å²) in [6.45, 7) is 0. The topological polar surface area (TPSA) is 96.6 Å². The van der Waals surface area contributed by atoms with Crippen LogP contribution < -0.4 is 4.74 Å². The molecule has 0 fully saturated rings. The van der Waals surface area contributed by atoms with E-state index in [1.54, 1.807) is 48.7 Å². The standard InChI is InChI=1S/C34H21ClF3N3O4S/c1-45-29-6-3-15-39-31(29)30-26-18-23(36)10-14-28(26)41(46(44)24-11-7-19(8-12-24)33(37)38)32(30)21-5-2-4-20(16-21)25-13-9-22(17-27(25)35)34(42)40-43/h2-18,33H,1H3. The van der Waals surface area contributed by atoms with E-state index in [0.29, 0.717) is 50.3 Å². The quantitative estimate of drug-likeness (QED) is 0.120. The van der Waals surface area contributed by atoms with Gasteiger partial charge in [-0.15, -0.1) is 4.91 Å². The van der Waals surface area contributed by atoms with E-state index in [1.807, 2.05) is 0 Å². The van der Waals surface area contributed by atoms with E-state index in [-0.39, 0.29) is 21.0 Å². The highest BCUT2D eigenvalue weighted by Crippen LogP contribution is 2.46. The number of methoxy groups -OCH3 is 1. The van der Waals surface area contributed by atoms with Crippen molar-refractivity contribution < 1.29 is 27.3 Å². The van der Waals surface area contributed by atoms with Crippen molar-refractivity contribution in [3.8, 4) is 39.4 Å². The molecule has 1 amide bonds. The number of ether oxygens (including phenoxy) is 1. The van der Waals surface area contributed by atoms with Gasteiger partial charge in [-0.2, -0.15) is 3.97 Å². The Bertz CT molecular complexity index is 2120. The molecule has 0 saturated carbocycles. The number of hydrogen-bond acceptors (Lipinski definition) is 5. The Morgan fingerprint density at radius 2 is 1.74 bits per heavy atom. The van der Waals surface area contributed by atoms with E-state index < -0.39 is 29.5 Å². The number of aromatic nitrogens is 2. The van der Waals surface area contributed by atoms with Gasteiger partial charge in [0.15, 0.2) is 4.90 Å². The van der Waals surface area contributed by atoms with Crippen LogP contribution in [0.5, 0.6) is 5.75 Å². The Hall–Kier alpha value is -4.97. The zero-order chi connectivity index (χ0) is 32.5. The zero-order valence-corrected chi connectivity index (χ0v) is 25.4.